The van der Waals surface area contributed by atoms with Crippen molar-refractivity contribution in [2.75, 3.05) is 44.7 Å². The fourth-order valence-electron chi connectivity index (χ4n) is 4.10. The molecule has 1 spiro atoms. The van der Waals surface area contributed by atoms with Crippen molar-refractivity contribution in [3.05, 3.63) is 23.9 Å². The van der Waals surface area contributed by atoms with E-state index in [4.69, 9.17) is 14.7 Å². The predicted molar refractivity (Wildman–Crippen MR) is 106 cm³/mol. The highest BCUT2D eigenvalue weighted by Gasteiger charge is 2.43. The standard InChI is InChI=1S/C21H32N4O2/c1-3-17(4-2)14-25-9-10-26-16-21(15-25)8-7-19(27-21)13-24-20-6-5-18(11-22)12-23-20/h5-6,12,17,19H,3-4,7-10,13-16H2,1-2H3,(H,23,24)/t19-,21-/m0/s1. The van der Waals surface area contributed by atoms with Crippen molar-refractivity contribution in [3.63, 3.8) is 0 Å². The average molecular weight is 373 g/mol. The van der Waals surface area contributed by atoms with Gasteiger partial charge in [0.2, 0.25) is 0 Å². The third-order valence-corrected chi connectivity index (χ3v) is 5.84. The minimum absolute atomic E-state index is 0.166. The van der Waals surface area contributed by atoms with Crippen LogP contribution in [0.5, 0.6) is 0 Å². The molecule has 2 aliphatic heterocycles. The number of ether oxygens (including phenoxy) is 2. The highest BCUT2D eigenvalue weighted by atomic mass is 16.6. The molecule has 0 bridgehead atoms. The van der Waals surface area contributed by atoms with Crippen LogP contribution in [-0.2, 0) is 9.47 Å². The minimum atomic E-state index is -0.174. The molecule has 2 fully saturated rings. The predicted octanol–water partition coefficient (Wildman–Crippen LogP) is 3.05. The van der Waals surface area contributed by atoms with Crippen LogP contribution in [0.15, 0.2) is 18.3 Å². The van der Waals surface area contributed by atoms with Gasteiger partial charge in [-0.25, -0.2) is 4.98 Å². The van der Waals surface area contributed by atoms with E-state index in [0.717, 1.165) is 57.4 Å². The van der Waals surface area contributed by atoms with Gasteiger partial charge in [-0.1, -0.05) is 26.7 Å². The summed E-state index contributed by atoms with van der Waals surface area (Å²) in [4.78, 5) is 6.82. The summed E-state index contributed by atoms with van der Waals surface area (Å²) in [5, 5.41) is 12.2. The van der Waals surface area contributed by atoms with E-state index in [2.05, 4.69) is 35.1 Å². The molecule has 1 aromatic rings. The SMILES string of the molecule is CCC(CC)CN1CCOC[C@]2(CC[C@@H](CNc3ccc(C#N)cn3)O2)C1. The van der Waals surface area contributed by atoms with Gasteiger partial charge in [-0.15, -0.1) is 0 Å². The normalized spacial score (nSPS) is 26.2. The average Bonchev–Trinajstić information content (AvgIpc) is 2.99. The molecule has 3 heterocycles. The molecule has 6 heteroatoms. The minimum Gasteiger partial charge on any atom is -0.377 e. The Bertz CT molecular complexity index is 626. The Labute approximate surface area is 162 Å². The van der Waals surface area contributed by atoms with Gasteiger partial charge in [-0.3, -0.25) is 4.90 Å². The van der Waals surface area contributed by atoms with E-state index < -0.39 is 0 Å². The van der Waals surface area contributed by atoms with Gasteiger partial charge in [0.25, 0.3) is 0 Å². The Balaban J connectivity index is 1.53. The zero-order valence-corrected chi connectivity index (χ0v) is 16.6. The molecule has 0 unspecified atom stereocenters. The summed E-state index contributed by atoms with van der Waals surface area (Å²) >= 11 is 0. The van der Waals surface area contributed by atoms with Crippen LogP contribution < -0.4 is 5.32 Å². The fourth-order valence-corrected chi connectivity index (χ4v) is 4.10. The smallest absolute Gasteiger partial charge is 0.126 e. The molecule has 6 nitrogen and oxygen atoms in total. The number of rotatable bonds is 7. The molecule has 0 amide bonds. The molecule has 3 rings (SSSR count). The van der Waals surface area contributed by atoms with Gasteiger partial charge in [-0.2, -0.15) is 5.26 Å². The Morgan fingerprint density at radius 3 is 2.96 bits per heavy atom. The van der Waals surface area contributed by atoms with Crippen molar-refractivity contribution in [1.29, 1.82) is 5.26 Å². The van der Waals surface area contributed by atoms with E-state index in [1.807, 2.05) is 6.07 Å². The molecule has 148 valence electrons. The van der Waals surface area contributed by atoms with Crippen molar-refractivity contribution < 1.29 is 9.47 Å². The Morgan fingerprint density at radius 2 is 2.26 bits per heavy atom. The van der Waals surface area contributed by atoms with Crippen molar-refractivity contribution in [3.8, 4) is 6.07 Å². The van der Waals surface area contributed by atoms with Crippen molar-refractivity contribution in [2.24, 2.45) is 5.92 Å². The Kier molecular flexibility index (Phi) is 7.06. The van der Waals surface area contributed by atoms with Crippen molar-refractivity contribution >= 4 is 5.82 Å². The van der Waals surface area contributed by atoms with Crippen LogP contribution in [-0.4, -0.2) is 61.0 Å². The van der Waals surface area contributed by atoms with Crippen LogP contribution in [0.25, 0.3) is 0 Å². The summed E-state index contributed by atoms with van der Waals surface area (Å²) < 4.78 is 12.4. The lowest BCUT2D eigenvalue weighted by Crippen LogP contribution is -2.46. The molecule has 2 atom stereocenters. The molecule has 0 radical (unpaired) electrons. The first kappa shape index (κ1) is 20.1. The second kappa shape index (κ2) is 9.50. The summed E-state index contributed by atoms with van der Waals surface area (Å²) in [6.07, 6.45) is 6.29. The largest absolute Gasteiger partial charge is 0.377 e. The quantitative estimate of drug-likeness (QED) is 0.793. The monoisotopic (exact) mass is 372 g/mol. The lowest BCUT2D eigenvalue weighted by atomic mass is 9.98. The lowest BCUT2D eigenvalue weighted by Gasteiger charge is -2.33. The van der Waals surface area contributed by atoms with E-state index in [-0.39, 0.29) is 11.7 Å². The van der Waals surface area contributed by atoms with Crippen LogP contribution >= 0.6 is 0 Å². The maximum atomic E-state index is 8.86. The molecule has 0 saturated carbocycles. The van der Waals surface area contributed by atoms with Crippen LogP contribution in [0, 0.1) is 17.2 Å². The second-order valence-electron chi connectivity index (χ2n) is 7.86. The number of aromatic nitrogens is 1. The molecular weight excluding hydrogens is 340 g/mol. The van der Waals surface area contributed by atoms with Gasteiger partial charge < -0.3 is 14.8 Å². The summed E-state index contributed by atoms with van der Waals surface area (Å²) in [5.74, 6) is 1.53. The Hall–Kier alpha value is -1.68. The van der Waals surface area contributed by atoms with Gasteiger partial charge >= 0.3 is 0 Å². The summed E-state index contributed by atoms with van der Waals surface area (Å²) in [6, 6.07) is 5.71. The van der Waals surface area contributed by atoms with E-state index in [9.17, 15) is 0 Å². The van der Waals surface area contributed by atoms with Crippen molar-refractivity contribution in [1.82, 2.24) is 9.88 Å². The first-order valence-corrected chi connectivity index (χ1v) is 10.2. The number of hydrogen-bond donors (Lipinski definition) is 1. The summed E-state index contributed by atoms with van der Waals surface area (Å²) in [7, 11) is 0. The number of anilines is 1. The number of nitrogens with one attached hydrogen (secondary N) is 1. The van der Waals surface area contributed by atoms with Gasteiger partial charge in [0, 0.05) is 32.4 Å². The molecule has 1 aromatic heterocycles. The maximum Gasteiger partial charge on any atom is 0.126 e. The van der Waals surface area contributed by atoms with E-state index >= 15 is 0 Å². The van der Waals surface area contributed by atoms with Gasteiger partial charge in [-0.05, 0) is 30.9 Å². The highest BCUT2D eigenvalue weighted by Crippen LogP contribution is 2.33. The van der Waals surface area contributed by atoms with Gasteiger partial charge in [0.05, 0.1) is 24.9 Å². The topological polar surface area (TPSA) is 70.4 Å². The van der Waals surface area contributed by atoms with Crippen LogP contribution in [0.2, 0.25) is 0 Å². The second-order valence-corrected chi connectivity index (χ2v) is 7.86. The summed E-state index contributed by atoms with van der Waals surface area (Å²) in [5.41, 5.74) is 0.400. The zero-order chi connectivity index (χ0) is 19.1. The summed E-state index contributed by atoms with van der Waals surface area (Å²) in [6.45, 7) is 9.88. The lowest BCUT2D eigenvalue weighted by molar-refractivity contribution is -0.0828. The van der Waals surface area contributed by atoms with Crippen LogP contribution in [0.4, 0.5) is 5.82 Å². The highest BCUT2D eigenvalue weighted by molar-refractivity contribution is 5.39. The zero-order valence-electron chi connectivity index (χ0n) is 16.6. The number of pyridine rings is 1. The van der Waals surface area contributed by atoms with Crippen LogP contribution in [0.1, 0.15) is 45.1 Å². The number of nitrogens with zero attached hydrogens (tertiary/aromatic N) is 3. The third-order valence-electron chi connectivity index (χ3n) is 5.84. The molecule has 0 aliphatic carbocycles. The first-order chi connectivity index (χ1) is 13.2. The van der Waals surface area contributed by atoms with Crippen LogP contribution in [0.3, 0.4) is 0 Å². The number of hydrogen-bond acceptors (Lipinski definition) is 6. The third kappa shape index (κ3) is 5.41. The molecule has 1 N–H and O–H groups in total. The maximum absolute atomic E-state index is 8.86. The molecule has 27 heavy (non-hydrogen) atoms. The van der Waals surface area contributed by atoms with Crippen molar-refractivity contribution in [2.45, 2.75) is 51.2 Å². The van der Waals surface area contributed by atoms with E-state index in [1.54, 1.807) is 12.3 Å². The van der Waals surface area contributed by atoms with Gasteiger partial charge in [0.15, 0.2) is 0 Å². The molecule has 0 aromatic carbocycles. The molecule has 2 saturated heterocycles. The number of nitriles is 1. The molecule has 2 aliphatic rings. The fraction of sp³-hybridized carbons (Fsp3) is 0.714. The van der Waals surface area contributed by atoms with E-state index in [1.165, 1.54) is 12.8 Å². The van der Waals surface area contributed by atoms with E-state index in [0.29, 0.717) is 12.2 Å². The first-order valence-electron chi connectivity index (χ1n) is 10.2. The molecular formula is C21H32N4O2. The Morgan fingerprint density at radius 1 is 1.41 bits per heavy atom. The van der Waals surface area contributed by atoms with Gasteiger partial charge in [0.1, 0.15) is 17.5 Å².